The number of alkyl halides is 3. The Bertz CT molecular complexity index is 1810. The minimum Gasteiger partial charge on any atom is -0.578 e. The first-order valence-corrected chi connectivity index (χ1v) is 13.7. The van der Waals surface area contributed by atoms with Gasteiger partial charge in [0.15, 0.2) is 0 Å². The van der Waals surface area contributed by atoms with Crippen LogP contribution in [0.4, 0.5) is 33.3 Å². The molecule has 0 atom stereocenters. The van der Waals surface area contributed by atoms with Gasteiger partial charge in [-0.05, 0) is 51.0 Å². The number of halogens is 5. The molecular formula is C32H25F5IrN9O-5. The zero-order valence-electron chi connectivity index (χ0n) is 25.7. The molecule has 6 rings (SSSR count). The standard InChI is InChI=1S/C17H11F5N4O.C15H14N5.Ir/c1-16(2,11-8-12(26-25-11)17(20,21)22)10-4-3-5-14(23-10)27-9-6-7-13(18)24-15(9)19;1-17-3-5-19(11-17)14-7-13(10-16)8-15(9-14)20-6-4-18(2)12-20;/h3-5,7-8H,1-2H3;3-8,11-12H,1-2H3;/q-2;-3;. The van der Waals surface area contributed by atoms with Crippen LogP contribution in [-0.2, 0) is 31.7 Å². The Kier molecular flexibility index (Phi) is 10.8. The van der Waals surface area contributed by atoms with Crippen molar-refractivity contribution in [3.8, 4) is 17.7 Å². The molecule has 16 heteroatoms. The summed E-state index contributed by atoms with van der Waals surface area (Å²) in [4.78, 5) is 14.9. The quantitative estimate of drug-likeness (QED) is 0.129. The van der Waals surface area contributed by atoms with E-state index in [-0.39, 0.29) is 31.7 Å². The number of pyridine rings is 2. The van der Waals surface area contributed by atoms with Crippen molar-refractivity contribution in [2.75, 3.05) is 23.9 Å². The van der Waals surface area contributed by atoms with Gasteiger partial charge >= 0.3 is 6.18 Å². The van der Waals surface area contributed by atoms with Crippen LogP contribution in [0.3, 0.4) is 0 Å². The number of anilines is 2. The van der Waals surface area contributed by atoms with E-state index in [9.17, 15) is 27.2 Å². The van der Waals surface area contributed by atoms with E-state index < -0.39 is 34.9 Å². The molecule has 2 aliphatic rings. The van der Waals surface area contributed by atoms with Gasteiger partial charge in [-0.15, -0.1) is 47.4 Å². The number of nitriles is 1. The maximum Gasteiger partial charge on any atom is 0.431 e. The van der Waals surface area contributed by atoms with Crippen LogP contribution in [0.15, 0.2) is 67.3 Å². The maximum atomic E-state index is 13.6. The van der Waals surface area contributed by atoms with Crippen molar-refractivity contribution < 1.29 is 46.8 Å². The Labute approximate surface area is 287 Å². The summed E-state index contributed by atoms with van der Waals surface area (Å²) in [6, 6.07) is 17.5. The number of hydrogen-bond acceptors (Lipinski definition) is 9. The maximum absolute atomic E-state index is 13.6. The Morgan fingerprint density at radius 1 is 0.917 bits per heavy atom. The normalized spacial score (nSPS) is 14.1. The van der Waals surface area contributed by atoms with Gasteiger partial charge in [0.1, 0.15) is 11.6 Å². The fraction of sp³-hybridized carbons (Fsp3) is 0.188. The van der Waals surface area contributed by atoms with E-state index in [1.54, 1.807) is 19.9 Å². The molecule has 1 aromatic carbocycles. The Morgan fingerprint density at radius 3 is 2.04 bits per heavy atom. The summed E-state index contributed by atoms with van der Waals surface area (Å²) < 4.78 is 69.9. The number of nitrogens with zero attached hydrogens (tertiary/aromatic N) is 9. The van der Waals surface area contributed by atoms with Crippen LogP contribution in [0.25, 0.3) is 0 Å². The molecule has 5 heterocycles. The summed E-state index contributed by atoms with van der Waals surface area (Å²) in [5.41, 5.74) is 0.518. The van der Waals surface area contributed by atoms with Gasteiger partial charge < -0.3 is 39.5 Å². The van der Waals surface area contributed by atoms with E-state index >= 15 is 0 Å². The molecule has 0 aliphatic carbocycles. The summed E-state index contributed by atoms with van der Waals surface area (Å²) >= 11 is 0. The van der Waals surface area contributed by atoms with Crippen LogP contribution >= 0.6 is 0 Å². The molecule has 48 heavy (non-hydrogen) atoms. The van der Waals surface area contributed by atoms with Gasteiger partial charge in [-0.25, -0.2) is 4.98 Å². The minimum atomic E-state index is -4.61. The molecule has 10 nitrogen and oxygen atoms in total. The van der Waals surface area contributed by atoms with Gasteiger partial charge in [0.05, 0.1) is 23.5 Å². The van der Waals surface area contributed by atoms with E-state index in [1.807, 2.05) is 84.0 Å². The number of benzene rings is 1. The number of hydrogen-bond donors (Lipinski definition) is 0. The molecule has 0 fully saturated rings. The number of rotatable bonds is 6. The van der Waals surface area contributed by atoms with E-state index in [1.165, 1.54) is 12.1 Å². The molecule has 253 valence electrons. The largest absolute Gasteiger partial charge is 0.578 e. The average molecular weight is 839 g/mol. The zero-order valence-corrected chi connectivity index (χ0v) is 28.1. The van der Waals surface area contributed by atoms with Crippen molar-refractivity contribution in [3.63, 3.8) is 0 Å². The first-order chi connectivity index (χ1) is 22.2. The molecule has 0 N–H and O–H groups in total. The third kappa shape index (κ3) is 8.28. The minimum absolute atomic E-state index is 0. The predicted octanol–water partition coefficient (Wildman–Crippen LogP) is 6.08. The van der Waals surface area contributed by atoms with Gasteiger partial charge in [-0.3, -0.25) is 8.78 Å². The van der Waals surface area contributed by atoms with Crippen molar-refractivity contribution in [2.45, 2.75) is 25.4 Å². The zero-order chi connectivity index (χ0) is 33.9. The van der Waals surface area contributed by atoms with Crippen molar-refractivity contribution >= 4 is 11.4 Å². The van der Waals surface area contributed by atoms with Crippen LogP contribution in [-0.4, -0.2) is 39.0 Å². The third-order valence-corrected chi connectivity index (χ3v) is 6.82. The summed E-state index contributed by atoms with van der Waals surface area (Å²) in [6.45, 7) is 7.09. The van der Waals surface area contributed by atoms with Crippen LogP contribution < -0.4 is 19.6 Å². The van der Waals surface area contributed by atoms with Crippen LogP contribution in [0.5, 0.6) is 11.6 Å². The SMILES string of the molecule is CC(C)(c1cccc(Oc2[c-]cc(F)nc2F)n1)c1cc(C(F)(F)F)n[n-]1.CN1C=CN(c2[c-]c(N3C=CN(C)[CH-]3)cc(C#N)c2)[CH-]1.[Ir]. The van der Waals surface area contributed by atoms with Crippen molar-refractivity contribution in [1.29, 1.82) is 5.26 Å². The summed E-state index contributed by atoms with van der Waals surface area (Å²) in [5.74, 6) is -2.80. The van der Waals surface area contributed by atoms with Gasteiger partial charge in [0, 0.05) is 31.6 Å². The van der Waals surface area contributed by atoms with Gasteiger partial charge in [-0.1, -0.05) is 25.5 Å². The third-order valence-electron chi connectivity index (χ3n) is 6.82. The fourth-order valence-electron chi connectivity index (χ4n) is 4.30. The summed E-state index contributed by atoms with van der Waals surface area (Å²) in [7, 11) is 3.91. The van der Waals surface area contributed by atoms with Crippen LogP contribution in [0.1, 0.15) is 36.5 Å². The second-order valence-electron chi connectivity index (χ2n) is 10.8. The fourth-order valence-corrected chi connectivity index (χ4v) is 4.30. The monoisotopic (exact) mass is 839 g/mol. The molecular weight excluding hydrogens is 814 g/mol. The molecule has 0 amide bonds. The number of ether oxygens (including phenoxy) is 1. The molecule has 0 saturated heterocycles. The van der Waals surface area contributed by atoms with Crippen LogP contribution in [0.2, 0.25) is 0 Å². The topological polar surface area (TPSA) is 98.8 Å². The molecule has 4 aromatic rings. The molecule has 1 radical (unpaired) electrons. The molecule has 0 unspecified atom stereocenters. The first-order valence-electron chi connectivity index (χ1n) is 13.7. The van der Waals surface area contributed by atoms with E-state index in [4.69, 9.17) is 4.74 Å². The Morgan fingerprint density at radius 2 is 1.54 bits per heavy atom. The summed E-state index contributed by atoms with van der Waals surface area (Å²) in [6.07, 6.45) is 3.16. The second kappa shape index (κ2) is 14.4. The van der Waals surface area contributed by atoms with Crippen LogP contribution in [0, 0.1) is 48.7 Å². The Balaban J connectivity index is 0.000000221. The first kappa shape index (κ1) is 35.8. The van der Waals surface area contributed by atoms with E-state index in [2.05, 4.69) is 38.4 Å². The van der Waals surface area contributed by atoms with Gasteiger partial charge in [-0.2, -0.15) is 31.8 Å². The van der Waals surface area contributed by atoms with E-state index in [0.717, 1.165) is 23.5 Å². The molecule has 3 aromatic heterocycles. The molecule has 0 spiro atoms. The molecule has 0 bridgehead atoms. The summed E-state index contributed by atoms with van der Waals surface area (Å²) in [5, 5.41) is 16.0. The van der Waals surface area contributed by atoms with Gasteiger partial charge in [0.25, 0.3) is 0 Å². The average Bonchev–Trinajstić information content (AvgIpc) is 3.80. The van der Waals surface area contributed by atoms with E-state index in [0.29, 0.717) is 11.3 Å². The molecule has 2 aliphatic heterocycles. The second-order valence-corrected chi connectivity index (χ2v) is 10.8. The predicted molar refractivity (Wildman–Crippen MR) is 159 cm³/mol. The Hall–Kier alpha value is -5.00. The smallest absolute Gasteiger partial charge is 0.431 e. The van der Waals surface area contributed by atoms with Crippen molar-refractivity contribution in [1.82, 2.24) is 30.0 Å². The van der Waals surface area contributed by atoms with Crippen molar-refractivity contribution in [3.05, 3.63) is 127 Å². The number of aromatic nitrogens is 4. The van der Waals surface area contributed by atoms with Gasteiger partial charge in [0.2, 0.25) is 5.88 Å². The molecule has 0 saturated carbocycles. The van der Waals surface area contributed by atoms with Crippen molar-refractivity contribution in [2.24, 2.45) is 0 Å².